The molecule has 0 spiro atoms. The highest BCUT2D eigenvalue weighted by molar-refractivity contribution is 7.18. The Labute approximate surface area is 175 Å². The van der Waals surface area contributed by atoms with E-state index in [0.29, 0.717) is 5.92 Å². The second-order valence-electron chi connectivity index (χ2n) is 8.69. The van der Waals surface area contributed by atoms with Crippen LogP contribution in [0.1, 0.15) is 42.6 Å². The Morgan fingerprint density at radius 2 is 2.00 bits per heavy atom. The highest BCUT2D eigenvalue weighted by atomic mass is 32.1. The van der Waals surface area contributed by atoms with Crippen LogP contribution in [-0.4, -0.2) is 36.1 Å². The molecule has 5 nitrogen and oxygen atoms in total. The third-order valence-electron chi connectivity index (χ3n) is 6.73. The maximum absolute atomic E-state index is 12.9. The summed E-state index contributed by atoms with van der Waals surface area (Å²) < 4.78 is 0. The zero-order chi connectivity index (χ0) is 20.0. The molecule has 6 heteroatoms. The van der Waals surface area contributed by atoms with Crippen LogP contribution in [0.5, 0.6) is 0 Å². The first kappa shape index (κ1) is 18.8. The molecule has 3 heterocycles. The number of hydrogen-bond donors (Lipinski definition) is 2. The number of aryl methyl sites for hydroxylation is 1. The van der Waals surface area contributed by atoms with Crippen molar-refractivity contribution in [3.63, 3.8) is 0 Å². The fourth-order valence-electron chi connectivity index (χ4n) is 4.89. The van der Waals surface area contributed by atoms with Crippen molar-refractivity contribution in [3.8, 4) is 0 Å². The van der Waals surface area contributed by atoms with Gasteiger partial charge in [-0.05, 0) is 49.8 Å². The van der Waals surface area contributed by atoms with E-state index >= 15 is 0 Å². The Hall–Kier alpha value is -2.18. The minimum Gasteiger partial charge on any atom is -0.360 e. The molecule has 0 radical (unpaired) electrons. The van der Waals surface area contributed by atoms with Gasteiger partial charge in [-0.25, -0.2) is 4.98 Å². The van der Waals surface area contributed by atoms with E-state index in [0.717, 1.165) is 55.1 Å². The maximum atomic E-state index is 12.9. The first-order valence-electron chi connectivity index (χ1n) is 10.8. The number of nitrogens with zero attached hydrogens (tertiary/aromatic N) is 2. The first-order valence-corrected chi connectivity index (χ1v) is 11.6. The molecule has 3 aromatic rings. The minimum absolute atomic E-state index is 0.0613. The van der Waals surface area contributed by atoms with Crippen LogP contribution in [0.2, 0.25) is 0 Å². The van der Waals surface area contributed by atoms with Crippen molar-refractivity contribution in [1.82, 2.24) is 9.97 Å². The van der Waals surface area contributed by atoms with E-state index in [-0.39, 0.29) is 11.6 Å². The van der Waals surface area contributed by atoms with Crippen molar-refractivity contribution >= 4 is 27.2 Å². The first-order chi connectivity index (χ1) is 14.1. The van der Waals surface area contributed by atoms with Gasteiger partial charge in [0.05, 0.1) is 31.6 Å². The number of anilines is 1. The molecule has 2 N–H and O–H groups in total. The molecule has 29 heavy (non-hydrogen) atoms. The summed E-state index contributed by atoms with van der Waals surface area (Å²) in [5, 5.41) is 0.858. The monoisotopic (exact) mass is 409 g/mol. The predicted molar refractivity (Wildman–Crippen MR) is 119 cm³/mol. The van der Waals surface area contributed by atoms with Crippen molar-refractivity contribution in [2.45, 2.75) is 39.2 Å². The van der Waals surface area contributed by atoms with E-state index in [1.807, 2.05) is 0 Å². The maximum Gasteiger partial charge on any atom is 0.260 e. The van der Waals surface area contributed by atoms with Crippen LogP contribution < -0.4 is 15.4 Å². The molecular formula is C23H29N4OS+. The lowest BCUT2D eigenvalue weighted by molar-refractivity contribution is -0.930. The van der Waals surface area contributed by atoms with Gasteiger partial charge in [-0.2, -0.15) is 0 Å². The molecule has 0 saturated carbocycles. The molecule has 1 aliphatic carbocycles. The number of nitrogens with one attached hydrogen (secondary N) is 2. The third kappa shape index (κ3) is 3.49. The molecule has 0 unspecified atom stereocenters. The molecule has 1 fully saturated rings. The van der Waals surface area contributed by atoms with Crippen LogP contribution in [0, 0.1) is 5.92 Å². The highest BCUT2D eigenvalue weighted by Gasteiger charge is 2.29. The Morgan fingerprint density at radius 3 is 2.76 bits per heavy atom. The predicted octanol–water partition coefficient (Wildman–Crippen LogP) is 2.58. The summed E-state index contributed by atoms with van der Waals surface area (Å²) in [6.07, 6.45) is 3.28. The number of hydrogen-bond acceptors (Lipinski definition) is 4. The van der Waals surface area contributed by atoms with Gasteiger partial charge in [-0.15, -0.1) is 11.3 Å². The van der Waals surface area contributed by atoms with E-state index in [1.165, 1.54) is 27.4 Å². The van der Waals surface area contributed by atoms with Crippen LogP contribution in [0.25, 0.3) is 10.2 Å². The summed E-state index contributed by atoms with van der Waals surface area (Å²) in [5.74, 6) is 1.55. The SMILES string of the molecule is C[C@@H]1CCc2c(sc3nc([C@@H](C)[NH+]4CCN(c5ccccc5)CC4)[nH]c(=O)c23)C1. The standard InChI is InChI=1S/C23H28N4OS/c1-15-8-9-18-19(14-15)29-23-20(18)22(28)24-21(25-23)16(2)26-10-12-27(13-11-26)17-6-4-3-5-7-17/h3-7,15-16H,8-14H2,1-2H3,(H,24,25,28)/p+1/t15-,16-/m1/s1. The van der Waals surface area contributed by atoms with Gasteiger partial charge < -0.3 is 14.8 Å². The fraction of sp³-hybridized carbons (Fsp3) is 0.478. The number of thiophene rings is 1. The summed E-state index contributed by atoms with van der Waals surface area (Å²) in [6.45, 7) is 8.67. The van der Waals surface area contributed by atoms with Gasteiger partial charge in [-0.1, -0.05) is 25.1 Å². The van der Waals surface area contributed by atoms with Crippen LogP contribution in [0.3, 0.4) is 0 Å². The number of piperazine rings is 1. The third-order valence-corrected chi connectivity index (χ3v) is 7.88. The molecule has 0 bridgehead atoms. The van der Waals surface area contributed by atoms with E-state index in [9.17, 15) is 4.79 Å². The van der Waals surface area contributed by atoms with Crippen molar-refractivity contribution in [2.75, 3.05) is 31.1 Å². The fourth-order valence-corrected chi connectivity index (χ4v) is 6.28. The summed E-state index contributed by atoms with van der Waals surface area (Å²) in [5.41, 5.74) is 2.62. The number of quaternary nitrogens is 1. The highest BCUT2D eigenvalue weighted by Crippen LogP contribution is 2.35. The van der Waals surface area contributed by atoms with Gasteiger partial charge >= 0.3 is 0 Å². The van der Waals surface area contributed by atoms with Crippen molar-refractivity contribution in [2.24, 2.45) is 5.92 Å². The Balaban J connectivity index is 1.36. The second kappa shape index (κ2) is 7.58. The summed E-state index contributed by atoms with van der Waals surface area (Å²) >= 11 is 1.74. The number of rotatable bonds is 3. The quantitative estimate of drug-likeness (QED) is 0.699. The zero-order valence-electron chi connectivity index (χ0n) is 17.2. The van der Waals surface area contributed by atoms with E-state index < -0.39 is 0 Å². The number of fused-ring (bicyclic) bond motifs is 3. The van der Waals surface area contributed by atoms with Crippen LogP contribution >= 0.6 is 11.3 Å². The summed E-state index contributed by atoms with van der Waals surface area (Å²) in [7, 11) is 0. The van der Waals surface area contributed by atoms with Crippen molar-refractivity contribution < 1.29 is 4.90 Å². The van der Waals surface area contributed by atoms with E-state index in [1.54, 1.807) is 11.3 Å². The van der Waals surface area contributed by atoms with Crippen molar-refractivity contribution in [3.05, 3.63) is 57.0 Å². The van der Waals surface area contributed by atoms with Gasteiger partial charge in [-0.3, -0.25) is 4.79 Å². The van der Waals surface area contributed by atoms with E-state index in [2.05, 4.69) is 54.1 Å². The lowest BCUT2D eigenvalue weighted by atomic mass is 9.89. The molecule has 1 saturated heterocycles. The average molecular weight is 410 g/mol. The minimum atomic E-state index is 0.0613. The molecule has 1 aliphatic heterocycles. The van der Waals surface area contributed by atoms with E-state index in [4.69, 9.17) is 4.98 Å². The molecule has 2 aliphatic rings. The Bertz CT molecular complexity index is 1070. The van der Waals surface area contributed by atoms with Crippen LogP contribution in [-0.2, 0) is 12.8 Å². The molecule has 0 amide bonds. The zero-order valence-corrected chi connectivity index (χ0v) is 18.0. The molecule has 2 atom stereocenters. The Kier molecular flexibility index (Phi) is 4.92. The lowest BCUT2D eigenvalue weighted by Crippen LogP contribution is -3.14. The van der Waals surface area contributed by atoms with Gasteiger partial charge in [0.2, 0.25) is 0 Å². The Morgan fingerprint density at radius 1 is 1.24 bits per heavy atom. The second-order valence-corrected chi connectivity index (χ2v) is 9.77. The molecule has 5 rings (SSSR count). The molecular weight excluding hydrogens is 380 g/mol. The molecule has 2 aromatic heterocycles. The van der Waals surface area contributed by atoms with Gasteiger partial charge in [0.15, 0.2) is 5.82 Å². The van der Waals surface area contributed by atoms with Crippen LogP contribution in [0.4, 0.5) is 5.69 Å². The smallest absolute Gasteiger partial charge is 0.260 e. The normalized spacial score (nSPS) is 21.3. The number of H-pyrrole nitrogens is 1. The van der Waals surface area contributed by atoms with Gasteiger partial charge in [0, 0.05) is 10.6 Å². The average Bonchev–Trinajstić information content (AvgIpc) is 3.11. The molecule has 152 valence electrons. The van der Waals surface area contributed by atoms with Gasteiger partial charge in [0.1, 0.15) is 10.9 Å². The van der Waals surface area contributed by atoms with Crippen molar-refractivity contribution in [1.29, 1.82) is 0 Å². The molecule has 1 aromatic carbocycles. The number of benzene rings is 1. The number of aromatic nitrogens is 2. The number of aromatic amines is 1. The lowest BCUT2D eigenvalue weighted by Gasteiger charge is -2.36. The van der Waals surface area contributed by atoms with Crippen LogP contribution in [0.15, 0.2) is 35.1 Å². The summed E-state index contributed by atoms with van der Waals surface area (Å²) in [6, 6.07) is 10.8. The largest absolute Gasteiger partial charge is 0.360 e. The number of para-hydroxylation sites is 1. The van der Waals surface area contributed by atoms with Gasteiger partial charge in [0.25, 0.3) is 5.56 Å². The summed E-state index contributed by atoms with van der Waals surface area (Å²) in [4.78, 5) is 27.3. The topological polar surface area (TPSA) is 53.4 Å².